The maximum absolute atomic E-state index is 11.5. The van der Waals surface area contributed by atoms with Crippen molar-refractivity contribution in [3.8, 4) is 0 Å². The first-order chi connectivity index (χ1) is 8.19. The number of carbonyl (C=O) groups is 2. The molecule has 1 aromatic rings. The molecule has 0 amide bonds. The van der Waals surface area contributed by atoms with Crippen molar-refractivity contribution in [3.63, 3.8) is 0 Å². The van der Waals surface area contributed by atoms with Crippen molar-refractivity contribution in [2.24, 2.45) is 0 Å². The van der Waals surface area contributed by atoms with Crippen molar-refractivity contribution in [1.29, 1.82) is 0 Å². The zero-order valence-electron chi connectivity index (χ0n) is 10.4. The summed E-state index contributed by atoms with van der Waals surface area (Å²) in [6, 6.07) is 5.84. The van der Waals surface area contributed by atoms with Crippen LogP contribution in [0.3, 0.4) is 0 Å². The molecule has 0 spiro atoms. The molecule has 1 aromatic carbocycles. The van der Waals surface area contributed by atoms with Crippen LogP contribution in [-0.4, -0.2) is 18.9 Å². The quantitative estimate of drug-likeness (QED) is 0.560. The highest BCUT2D eigenvalue weighted by Crippen LogP contribution is 2.17. The van der Waals surface area contributed by atoms with E-state index in [1.165, 1.54) is 0 Å². The van der Waals surface area contributed by atoms with E-state index in [4.69, 9.17) is 4.74 Å². The molecule has 0 aliphatic rings. The summed E-state index contributed by atoms with van der Waals surface area (Å²) in [6.07, 6.45) is 2.36. The molecule has 0 radical (unpaired) electrons. The van der Waals surface area contributed by atoms with Crippen molar-refractivity contribution in [2.45, 2.75) is 33.1 Å². The Kier molecular flexibility index (Phi) is 5.40. The molecule has 0 fully saturated rings. The number of hydrogen-bond donors (Lipinski definition) is 0. The molecule has 0 unspecified atom stereocenters. The summed E-state index contributed by atoms with van der Waals surface area (Å²) in [5.41, 5.74) is 3.17. The molecular weight excluding hydrogens is 216 g/mol. The Morgan fingerprint density at radius 3 is 2.82 bits per heavy atom. The molecular formula is C14H18O3. The maximum atomic E-state index is 11.5. The molecule has 0 heterocycles. The van der Waals surface area contributed by atoms with Crippen LogP contribution in [0.2, 0.25) is 0 Å². The molecule has 92 valence electrons. The maximum Gasteiger partial charge on any atom is 0.310 e. The summed E-state index contributed by atoms with van der Waals surface area (Å²) in [5, 5.41) is 0. The second kappa shape index (κ2) is 6.84. The van der Waals surface area contributed by atoms with Crippen molar-refractivity contribution < 1.29 is 14.3 Å². The third-order valence-corrected chi connectivity index (χ3v) is 2.66. The van der Waals surface area contributed by atoms with E-state index in [0.29, 0.717) is 19.4 Å². The van der Waals surface area contributed by atoms with E-state index in [1.807, 2.05) is 25.1 Å². The van der Waals surface area contributed by atoms with Crippen LogP contribution >= 0.6 is 0 Å². The number of ether oxygens (including phenoxy) is 1. The average molecular weight is 234 g/mol. The summed E-state index contributed by atoms with van der Waals surface area (Å²) >= 11 is 0. The zero-order valence-corrected chi connectivity index (χ0v) is 10.4. The van der Waals surface area contributed by atoms with Crippen LogP contribution < -0.4 is 0 Å². The van der Waals surface area contributed by atoms with Gasteiger partial charge in [0.25, 0.3) is 0 Å². The van der Waals surface area contributed by atoms with Crippen LogP contribution in [0.1, 0.15) is 30.0 Å². The van der Waals surface area contributed by atoms with Crippen molar-refractivity contribution in [2.75, 3.05) is 6.61 Å². The summed E-state index contributed by atoms with van der Waals surface area (Å²) in [5.74, 6) is -0.217. The lowest BCUT2D eigenvalue weighted by Gasteiger charge is -2.11. The molecule has 0 aromatic heterocycles. The highest BCUT2D eigenvalue weighted by molar-refractivity contribution is 5.73. The molecule has 0 saturated carbocycles. The molecule has 0 bridgehead atoms. The Labute approximate surface area is 102 Å². The fourth-order valence-electron chi connectivity index (χ4n) is 1.86. The summed E-state index contributed by atoms with van der Waals surface area (Å²) in [7, 11) is 0. The van der Waals surface area contributed by atoms with Gasteiger partial charge in [0.15, 0.2) is 0 Å². The van der Waals surface area contributed by atoms with Gasteiger partial charge in [-0.1, -0.05) is 18.2 Å². The second-order valence-electron chi connectivity index (χ2n) is 3.90. The third kappa shape index (κ3) is 4.02. The average Bonchev–Trinajstić information content (AvgIpc) is 2.28. The lowest BCUT2D eigenvalue weighted by Crippen LogP contribution is -2.10. The van der Waals surface area contributed by atoms with Crippen molar-refractivity contribution in [3.05, 3.63) is 34.9 Å². The minimum absolute atomic E-state index is 0.217. The smallest absolute Gasteiger partial charge is 0.310 e. The van der Waals surface area contributed by atoms with Gasteiger partial charge in [-0.3, -0.25) is 4.79 Å². The largest absolute Gasteiger partial charge is 0.466 e. The SMILES string of the molecule is CCOC(=O)Cc1cccc(C)c1CCC=O. The molecule has 17 heavy (non-hydrogen) atoms. The van der Waals surface area contributed by atoms with E-state index in [1.54, 1.807) is 6.92 Å². The molecule has 0 atom stereocenters. The predicted molar refractivity (Wildman–Crippen MR) is 65.9 cm³/mol. The molecule has 3 nitrogen and oxygen atoms in total. The van der Waals surface area contributed by atoms with Gasteiger partial charge in [-0.05, 0) is 37.0 Å². The summed E-state index contributed by atoms with van der Waals surface area (Å²) < 4.78 is 4.94. The number of benzene rings is 1. The Morgan fingerprint density at radius 2 is 2.18 bits per heavy atom. The molecule has 0 N–H and O–H groups in total. The Bertz CT molecular complexity index is 396. The summed E-state index contributed by atoms with van der Waals surface area (Å²) in [6.45, 7) is 4.19. The first-order valence-corrected chi connectivity index (χ1v) is 5.85. The topological polar surface area (TPSA) is 43.4 Å². The highest BCUT2D eigenvalue weighted by Gasteiger charge is 2.10. The Morgan fingerprint density at radius 1 is 1.41 bits per heavy atom. The standard InChI is InChI=1S/C14H18O3/c1-3-17-14(16)10-12-7-4-6-11(2)13(12)8-5-9-15/h4,6-7,9H,3,5,8,10H2,1-2H3. The Balaban J connectivity index is 2.85. The van der Waals surface area contributed by atoms with Crippen LogP contribution in [0.15, 0.2) is 18.2 Å². The van der Waals surface area contributed by atoms with Gasteiger partial charge in [0.1, 0.15) is 6.29 Å². The van der Waals surface area contributed by atoms with E-state index in [0.717, 1.165) is 23.0 Å². The Hall–Kier alpha value is -1.64. The summed E-state index contributed by atoms with van der Waals surface area (Å²) in [4.78, 5) is 21.9. The van der Waals surface area contributed by atoms with Gasteiger partial charge >= 0.3 is 5.97 Å². The first kappa shape index (κ1) is 13.4. The van der Waals surface area contributed by atoms with Gasteiger partial charge in [-0.15, -0.1) is 0 Å². The van der Waals surface area contributed by atoms with Crippen LogP contribution in [-0.2, 0) is 27.2 Å². The molecule has 1 rings (SSSR count). The van der Waals surface area contributed by atoms with Gasteiger partial charge < -0.3 is 9.53 Å². The lowest BCUT2D eigenvalue weighted by molar-refractivity contribution is -0.142. The number of rotatable bonds is 6. The molecule has 0 aliphatic carbocycles. The lowest BCUT2D eigenvalue weighted by atomic mass is 9.96. The van der Waals surface area contributed by atoms with Crippen LogP contribution in [0.4, 0.5) is 0 Å². The monoisotopic (exact) mass is 234 g/mol. The molecule has 0 saturated heterocycles. The fourth-order valence-corrected chi connectivity index (χ4v) is 1.86. The van der Waals surface area contributed by atoms with Crippen molar-refractivity contribution >= 4 is 12.3 Å². The third-order valence-electron chi connectivity index (χ3n) is 2.66. The van der Waals surface area contributed by atoms with Gasteiger partial charge in [-0.2, -0.15) is 0 Å². The number of esters is 1. The fraction of sp³-hybridized carbons (Fsp3) is 0.429. The van der Waals surface area contributed by atoms with Gasteiger partial charge in [-0.25, -0.2) is 0 Å². The van der Waals surface area contributed by atoms with E-state index >= 15 is 0 Å². The number of aldehydes is 1. The zero-order chi connectivity index (χ0) is 12.7. The number of carbonyl (C=O) groups excluding carboxylic acids is 2. The minimum Gasteiger partial charge on any atom is -0.466 e. The van der Waals surface area contributed by atoms with Crippen LogP contribution in [0.5, 0.6) is 0 Å². The van der Waals surface area contributed by atoms with Crippen molar-refractivity contribution in [1.82, 2.24) is 0 Å². The normalized spacial score (nSPS) is 10.0. The molecule has 3 heteroatoms. The van der Waals surface area contributed by atoms with E-state index in [-0.39, 0.29) is 12.4 Å². The number of hydrogen-bond acceptors (Lipinski definition) is 3. The second-order valence-corrected chi connectivity index (χ2v) is 3.90. The highest BCUT2D eigenvalue weighted by atomic mass is 16.5. The van der Waals surface area contributed by atoms with Gasteiger partial charge in [0.05, 0.1) is 13.0 Å². The first-order valence-electron chi connectivity index (χ1n) is 5.85. The molecule has 0 aliphatic heterocycles. The number of aryl methyl sites for hydroxylation is 1. The van der Waals surface area contributed by atoms with E-state index < -0.39 is 0 Å². The van der Waals surface area contributed by atoms with Crippen LogP contribution in [0, 0.1) is 6.92 Å². The minimum atomic E-state index is -0.217. The van der Waals surface area contributed by atoms with E-state index in [9.17, 15) is 9.59 Å². The van der Waals surface area contributed by atoms with E-state index in [2.05, 4.69) is 0 Å². The predicted octanol–water partition coefficient (Wildman–Crippen LogP) is 2.23. The van der Waals surface area contributed by atoms with Crippen LogP contribution in [0.25, 0.3) is 0 Å². The van der Waals surface area contributed by atoms with Gasteiger partial charge in [0, 0.05) is 6.42 Å². The van der Waals surface area contributed by atoms with Gasteiger partial charge in [0.2, 0.25) is 0 Å².